The van der Waals surface area contributed by atoms with Crippen molar-refractivity contribution < 1.29 is 13.2 Å². The summed E-state index contributed by atoms with van der Waals surface area (Å²) in [6, 6.07) is -0.552. The van der Waals surface area contributed by atoms with Crippen molar-refractivity contribution in [2.75, 3.05) is 19.3 Å². The predicted molar refractivity (Wildman–Crippen MR) is 62.4 cm³/mol. The number of rotatable bonds is 4. The minimum Gasteiger partial charge on any atom is -0.351 e. The molecule has 1 heterocycles. The zero-order chi connectivity index (χ0) is 12.2. The molecule has 0 aromatic carbocycles. The molecule has 92 valence electrons. The molecule has 1 N–H and O–H groups in total. The molecule has 1 saturated heterocycles. The van der Waals surface area contributed by atoms with Crippen LogP contribution in [0.15, 0.2) is 12.7 Å². The first-order valence-electron chi connectivity index (χ1n) is 5.32. The van der Waals surface area contributed by atoms with Crippen molar-refractivity contribution in [1.29, 1.82) is 0 Å². The summed E-state index contributed by atoms with van der Waals surface area (Å²) < 4.78 is 24.3. The number of sulfonamides is 1. The molecule has 16 heavy (non-hydrogen) atoms. The van der Waals surface area contributed by atoms with Crippen LogP contribution in [0.5, 0.6) is 0 Å². The maximum atomic E-state index is 11.7. The Bertz CT molecular complexity index is 364. The molecule has 1 fully saturated rings. The zero-order valence-electron chi connectivity index (χ0n) is 9.48. The summed E-state index contributed by atoms with van der Waals surface area (Å²) in [7, 11) is -3.30. The number of nitrogens with one attached hydrogen (secondary N) is 1. The molecule has 5 nitrogen and oxygen atoms in total. The molecule has 1 aliphatic rings. The molecule has 1 atom stereocenters. The van der Waals surface area contributed by atoms with Crippen molar-refractivity contribution in [3.05, 3.63) is 12.7 Å². The molecule has 1 amide bonds. The van der Waals surface area contributed by atoms with Gasteiger partial charge in [0.2, 0.25) is 15.9 Å². The second kappa shape index (κ2) is 5.45. The van der Waals surface area contributed by atoms with Gasteiger partial charge in [0, 0.05) is 13.1 Å². The summed E-state index contributed by atoms with van der Waals surface area (Å²) in [4.78, 5) is 11.7. The van der Waals surface area contributed by atoms with Gasteiger partial charge in [-0.2, -0.15) is 4.31 Å². The predicted octanol–water partition coefficient (Wildman–Crippen LogP) is 0.103. The number of amides is 1. The summed E-state index contributed by atoms with van der Waals surface area (Å²) in [5.74, 6) is -0.231. The van der Waals surface area contributed by atoms with Gasteiger partial charge in [-0.05, 0) is 12.8 Å². The van der Waals surface area contributed by atoms with E-state index in [0.29, 0.717) is 19.5 Å². The normalized spacial score (nSPS) is 22.7. The summed E-state index contributed by atoms with van der Waals surface area (Å²) in [6.45, 7) is 4.30. The van der Waals surface area contributed by atoms with E-state index in [1.54, 1.807) is 6.08 Å². The highest BCUT2D eigenvalue weighted by molar-refractivity contribution is 7.88. The lowest BCUT2D eigenvalue weighted by Gasteiger charge is -2.32. The molecule has 1 aliphatic heterocycles. The minimum absolute atomic E-state index is 0.231. The Morgan fingerprint density at radius 3 is 2.81 bits per heavy atom. The average molecular weight is 246 g/mol. The van der Waals surface area contributed by atoms with E-state index in [0.717, 1.165) is 19.1 Å². The monoisotopic (exact) mass is 246 g/mol. The van der Waals surface area contributed by atoms with Gasteiger partial charge in [-0.3, -0.25) is 4.79 Å². The molecular formula is C10H18N2O3S. The lowest BCUT2D eigenvalue weighted by Crippen LogP contribution is -2.51. The summed E-state index contributed by atoms with van der Waals surface area (Å²) in [5.41, 5.74) is 0. The van der Waals surface area contributed by atoms with Gasteiger partial charge in [-0.15, -0.1) is 6.58 Å². The summed E-state index contributed by atoms with van der Waals surface area (Å²) >= 11 is 0. The van der Waals surface area contributed by atoms with E-state index in [1.807, 2.05) is 0 Å². The molecule has 0 radical (unpaired) electrons. The first kappa shape index (κ1) is 13.2. The first-order valence-corrected chi connectivity index (χ1v) is 7.17. The van der Waals surface area contributed by atoms with Gasteiger partial charge >= 0.3 is 0 Å². The van der Waals surface area contributed by atoms with Crippen LogP contribution in [0.4, 0.5) is 0 Å². The van der Waals surface area contributed by atoms with Gasteiger partial charge in [0.25, 0.3) is 0 Å². The Kier molecular flexibility index (Phi) is 4.49. The van der Waals surface area contributed by atoms with Crippen LogP contribution in [0.1, 0.15) is 19.3 Å². The van der Waals surface area contributed by atoms with Gasteiger partial charge in [0.1, 0.15) is 6.04 Å². The van der Waals surface area contributed by atoms with Crippen LogP contribution in [-0.4, -0.2) is 44.0 Å². The van der Waals surface area contributed by atoms with Crippen LogP contribution < -0.4 is 5.32 Å². The molecular weight excluding hydrogens is 228 g/mol. The van der Waals surface area contributed by atoms with Crippen LogP contribution >= 0.6 is 0 Å². The van der Waals surface area contributed by atoms with E-state index in [-0.39, 0.29) is 5.91 Å². The smallest absolute Gasteiger partial charge is 0.238 e. The van der Waals surface area contributed by atoms with Gasteiger partial charge in [-0.1, -0.05) is 12.5 Å². The second-order valence-electron chi connectivity index (χ2n) is 3.92. The van der Waals surface area contributed by atoms with E-state index in [9.17, 15) is 13.2 Å². The fourth-order valence-corrected chi connectivity index (χ4v) is 2.98. The lowest BCUT2D eigenvalue weighted by atomic mass is 10.0. The van der Waals surface area contributed by atoms with Crippen molar-refractivity contribution in [2.24, 2.45) is 0 Å². The maximum Gasteiger partial charge on any atom is 0.238 e. The van der Waals surface area contributed by atoms with E-state index < -0.39 is 16.1 Å². The quantitative estimate of drug-likeness (QED) is 0.716. The Morgan fingerprint density at radius 2 is 2.25 bits per heavy atom. The Balaban J connectivity index is 2.74. The van der Waals surface area contributed by atoms with Gasteiger partial charge in [0.15, 0.2) is 0 Å². The third-order valence-electron chi connectivity index (χ3n) is 2.60. The van der Waals surface area contributed by atoms with Crippen LogP contribution in [0.3, 0.4) is 0 Å². The molecule has 1 unspecified atom stereocenters. The average Bonchev–Trinajstić information content (AvgIpc) is 2.24. The van der Waals surface area contributed by atoms with Crippen LogP contribution in [0.25, 0.3) is 0 Å². The second-order valence-corrected chi connectivity index (χ2v) is 5.85. The van der Waals surface area contributed by atoms with Crippen LogP contribution in [0, 0.1) is 0 Å². The van der Waals surface area contributed by atoms with E-state index in [1.165, 1.54) is 4.31 Å². The third-order valence-corrected chi connectivity index (χ3v) is 3.89. The van der Waals surface area contributed by atoms with Crippen molar-refractivity contribution in [2.45, 2.75) is 25.3 Å². The fourth-order valence-electron chi connectivity index (χ4n) is 1.85. The van der Waals surface area contributed by atoms with Crippen molar-refractivity contribution >= 4 is 15.9 Å². The first-order chi connectivity index (χ1) is 7.46. The number of nitrogens with zero attached hydrogens (tertiary/aromatic N) is 1. The van der Waals surface area contributed by atoms with E-state index in [2.05, 4.69) is 11.9 Å². The van der Waals surface area contributed by atoms with E-state index >= 15 is 0 Å². The third kappa shape index (κ3) is 3.31. The van der Waals surface area contributed by atoms with Crippen LogP contribution in [0.2, 0.25) is 0 Å². The number of piperidine rings is 1. The fraction of sp³-hybridized carbons (Fsp3) is 0.700. The summed E-state index contributed by atoms with van der Waals surface area (Å²) in [6.07, 6.45) is 5.02. The van der Waals surface area contributed by atoms with E-state index in [4.69, 9.17) is 0 Å². The molecule has 0 aliphatic carbocycles. The molecule has 0 saturated carbocycles. The maximum absolute atomic E-state index is 11.7. The van der Waals surface area contributed by atoms with Crippen molar-refractivity contribution in [3.63, 3.8) is 0 Å². The van der Waals surface area contributed by atoms with Gasteiger partial charge < -0.3 is 5.32 Å². The van der Waals surface area contributed by atoms with Crippen molar-refractivity contribution in [1.82, 2.24) is 9.62 Å². The van der Waals surface area contributed by atoms with Crippen LogP contribution in [-0.2, 0) is 14.8 Å². The highest BCUT2D eigenvalue weighted by Gasteiger charge is 2.33. The van der Waals surface area contributed by atoms with Gasteiger partial charge in [-0.25, -0.2) is 8.42 Å². The molecule has 6 heteroatoms. The number of hydrogen-bond acceptors (Lipinski definition) is 3. The highest BCUT2D eigenvalue weighted by Crippen LogP contribution is 2.19. The number of hydrogen-bond donors (Lipinski definition) is 1. The zero-order valence-corrected chi connectivity index (χ0v) is 10.3. The van der Waals surface area contributed by atoms with Crippen molar-refractivity contribution in [3.8, 4) is 0 Å². The lowest BCUT2D eigenvalue weighted by molar-refractivity contribution is -0.125. The number of carbonyl (C=O) groups excluding carboxylic acids is 1. The Labute approximate surface area is 96.6 Å². The largest absolute Gasteiger partial charge is 0.351 e. The molecule has 0 aromatic heterocycles. The SMILES string of the molecule is C=CCNC(=O)C1CCCCN1S(C)(=O)=O. The molecule has 0 bridgehead atoms. The topological polar surface area (TPSA) is 66.5 Å². The Morgan fingerprint density at radius 1 is 1.56 bits per heavy atom. The Hall–Kier alpha value is -0.880. The molecule has 0 aromatic rings. The minimum atomic E-state index is -3.30. The standard InChI is InChI=1S/C10H18N2O3S/c1-3-7-11-10(13)9-6-4-5-8-12(9)16(2,14)15/h3,9H,1,4-8H2,2H3,(H,11,13). The molecule has 1 rings (SSSR count). The highest BCUT2D eigenvalue weighted by atomic mass is 32.2. The number of carbonyl (C=O) groups is 1. The van der Waals surface area contributed by atoms with Gasteiger partial charge in [0.05, 0.1) is 6.26 Å². The summed E-state index contributed by atoms with van der Waals surface area (Å²) in [5, 5.41) is 2.64. The molecule has 0 spiro atoms.